The van der Waals surface area contributed by atoms with Crippen molar-refractivity contribution in [3.63, 3.8) is 0 Å². The molecule has 1 aromatic carbocycles. The van der Waals surface area contributed by atoms with Gasteiger partial charge in [0.05, 0.1) is 6.54 Å². The van der Waals surface area contributed by atoms with Gasteiger partial charge in [0.25, 0.3) is 0 Å². The number of aryl methyl sites for hydroxylation is 1. The standard InChI is InChI=1S/C17H25N3O/c1-13-6-7-14-4-2-3-5-16(14)20(13)17(21)12-19-10-8-15(18)9-11-19/h2-5,13,15H,6-12,18H2,1H3. The lowest BCUT2D eigenvalue weighted by Crippen LogP contribution is -2.49. The van der Waals surface area contributed by atoms with Gasteiger partial charge in [-0.1, -0.05) is 18.2 Å². The number of amides is 1. The zero-order chi connectivity index (χ0) is 14.8. The lowest BCUT2D eigenvalue weighted by Gasteiger charge is -2.37. The molecule has 0 aromatic heterocycles. The summed E-state index contributed by atoms with van der Waals surface area (Å²) in [6.45, 7) is 4.55. The molecular weight excluding hydrogens is 262 g/mol. The molecular formula is C17H25N3O. The van der Waals surface area contributed by atoms with E-state index in [1.165, 1.54) is 5.56 Å². The quantitative estimate of drug-likeness (QED) is 0.902. The number of anilines is 1. The molecule has 3 rings (SSSR count). The number of carbonyl (C=O) groups is 1. The van der Waals surface area contributed by atoms with Crippen molar-refractivity contribution in [2.75, 3.05) is 24.5 Å². The number of nitrogens with two attached hydrogens (primary N) is 1. The maximum absolute atomic E-state index is 12.8. The van der Waals surface area contributed by atoms with Crippen LogP contribution in [0.25, 0.3) is 0 Å². The maximum atomic E-state index is 12.8. The second-order valence-electron chi connectivity index (χ2n) is 6.39. The Morgan fingerprint density at radius 1 is 1.24 bits per heavy atom. The number of benzene rings is 1. The van der Waals surface area contributed by atoms with Crippen LogP contribution in [0.5, 0.6) is 0 Å². The average molecular weight is 287 g/mol. The van der Waals surface area contributed by atoms with Gasteiger partial charge in [-0.25, -0.2) is 0 Å². The molecule has 1 fully saturated rings. The van der Waals surface area contributed by atoms with Gasteiger partial charge in [-0.15, -0.1) is 0 Å². The topological polar surface area (TPSA) is 49.6 Å². The second kappa shape index (κ2) is 6.16. The summed E-state index contributed by atoms with van der Waals surface area (Å²) in [5, 5.41) is 0. The van der Waals surface area contributed by atoms with Crippen LogP contribution in [-0.4, -0.2) is 42.5 Å². The molecule has 2 aliphatic heterocycles. The van der Waals surface area contributed by atoms with Gasteiger partial charge in [0, 0.05) is 30.9 Å². The highest BCUT2D eigenvalue weighted by Crippen LogP contribution is 2.30. The summed E-state index contributed by atoms with van der Waals surface area (Å²) in [7, 11) is 0. The van der Waals surface area contributed by atoms with Crippen LogP contribution in [0.2, 0.25) is 0 Å². The summed E-state index contributed by atoms with van der Waals surface area (Å²) < 4.78 is 0. The van der Waals surface area contributed by atoms with Crippen molar-refractivity contribution >= 4 is 11.6 Å². The molecule has 21 heavy (non-hydrogen) atoms. The first-order valence-corrected chi connectivity index (χ1v) is 8.03. The van der Waals surface area contributed by atoms with Crippen molar-refractivity contribution < 1.29 is 4.79 Å². The number of hydrogen-bond acceptors (Lipinski definition) is 3. The van der Waals surface area contributed by atoms with Crippen LogP contribution in [0, 0.1) is 0 Å². The van der Waals surface area contributed by atoms with E-state index in [1.807, 2.05) is 11.0 Å². The van der Waals surface area contributed by atoms with E-state index in [9.17, 15) is 4.79 Å². The minimum absolute atomic E-state index is 0.227. The largest absolute Gasteiger partial charge is 0.328 e. The molecule has 1 unspecified atom stereocenters. The maximum Gasteiger partial charge on any atom is 0.241 e. The minimum atomic E-state index is 0.227. The molecule has 0 radical (unpaired) electrons. The Kier molecular flexibility index (Phi) is 4.27. The fourth-order valence-electron chi connectivity index (χ4n) is 3.45. The molecule has 114 valence electrons. The Morgan fingerprint density at radius 3 is 2.71 bits per heavy atom. The minimum Gasteiger partial charge on any atom is -0.328 e. The predicted molar refractivity (Wildman–Crippen MR) is 85.4 cm³/mol. The van der Waals surface area contributed by atoms with Gasteiger partial charge in [0.2, 0.25) is 5.91 Å². The van der Waals surface area contributed by atoms with Crippen LogP contribution in [0.15, 0.2) is 24.3 Å². The smallest absolute Gasteiger partial charge is 0.241 e. The SMILES string of the molecule is CC1CCc2ccccc2N1C(=O)CN1CCC(N)CC1. The first kappa shape index (κ1) is 14.5. The molecule has 2 heterocycles. The van der Waals surface area contributed by atoms with E-state index < -0.39 is 0 Å². The summed E-state index contributed by atoms with van der Waals surface area (Å²) >= 11 is 0. The lowest BCUT2D eigenvalue weighted by molar-refractivity contribution is -0.120. The highest BCUT2D eigenvalue weighted by molar-refractivity contribution is 5.96. The molecule has 2 aliphatic rings. The van der Waals surface area contributed by atoms with Crippen molar-refractivity contribution in [1.29, 1.82) is 0 Å². The van der Waals surface area contributed by atoms with Gasteiger partial charge in [-0.05, 0) is 44.2 Å². The number of piperidine rings is 1. The van der Waals surface area contributed by atoms with Crippen LogP contribution >= 0.6 is 0 Å². The second-order valence-corrected chi connectivity index (χ2v) is 6.39. The predicted octanol–water partition coefficient (Wildman–Crippen LogP) is 1.78. The van der Waals surface area contributed by atoms with Crippen molar-refractivity contribution in [2.24, 2.45) is 5.73 Å². The van der Waals surface area contributed by atoms with Gasteiger partial charge >= 0.3 is 0 Å². The molecule has 4 heteroatoms. The van der Waals surface area contributed by atoms with Gasteiger partial charge in [0.15, 0.2) is 0 Å². The molecule has 0 saturated carbocycles. The normalized spacial score (nSPS) is 23.9. The van der Waals surface area contributed by atoms with E-state index in [0.717, 1.165) is 44.5 Å². The van der Waals surface area contributed by atoms with Gasteiger partial charge in [0.1, 0.15) is 0 Å². The number of carbonyl (C=O) groups excluding carboxylic acids is 1. The Bertz CT molecular complexity index is 509. The van der Waals surface area contributed by atoms with Crippen molar-refractivity contribution in [1.82, 2.24) is 4.90 Å². The van der Waals surface area contributed by atoms with Crippen molar-refractivity contribution in [3.8, 4) is 0 Å². The molecule has 4 nitrogen and oxygen atoms in total. The lowest BCUT2D eigenvalue weighted by atomic mass is 9.96. The first-order valence-electron chi connectivity index (χ1n) is 8.03. The number of hydrogen-bond donors (Lipinski definition) is 1. The number of nitrogens with zero attached hydrogens (tertiary/aromatic N) is 2. The molecule has 0 bridgehead atoms. The number of para-hydroxylation sites is 1. The number of rotatable bonds is 2. The first-order chi connectivity index (χ1) is 10.1. The van der Waals surface area contributed by atoms with E-state index >= 15 is 0 Å². The number of fused-ring (bicyclic) bond motifs is 1. The molecule has 1 atom stereocenters. The molecule has 1 amide bonds. The summed E-state index contributed by atoms with van der Waals surface area (Å²) in [5.74, 6) is 0.227. The monoisotopic (exact) mass is 287 g/mol. The van der Waals surface area contributed by atoms with E-state index in [2.05, 4.69) is 30.0 Å². The molecule has 1 aromatic rings. The van der Waals surface area contributed by atoms with Gasteiger partial charge in [-0.2, -0.15) is 0 Å². The molecule has 2 N–H and O–H groups in total. The van der Waals surface area contributed by atoms with Crippen LogP contribution in [-0.2, 0) is 11.2 Å². The van der Waals surface area contributed by atoms with Crippen LogP contribution in [0.1, 0.15) is 31.7 Å². The third-order valence-electron chi connectivity index (χ3n) is 4.78. The Labute approximate surface area is 126 Å². The third-order valence-corrected chi connectivity index (χ3v) is 4.78. The Hall–Kier alpha value is -1.39. The average Bonchev–Trinajstić information content (AvgIpc) is 2.49. The van der Waals surface area contributed by atoms with E-state index in [4.69, 9.17) is 5.73 Å². The fourth-order valence-corrected chi connectivity index (χ4v) is 3.45. The van der Waals surface area contributed by atoms with E-state index in [1.54, 1.807) is 0 Å². The van der Waals surface area contributed by atoms with Gasteiger partial charge in [-0.3, -0.25) is 9.69 Å². The van der Waals surface area contributed by atoms with Crippen LogP contribution in [0.3, 0.4) is 0 Å². The van der Waals surface area contributed by atoms with Gasteiger partial charge < -0.3 is 10.6 Å². The molecule has 0 aliphatic carbocycles. The summed E-state index contributed by atoms with van der Waals surface area (Å²) in [6, 6.07) is 8.90. The van der Waals surface area contributed by atoms with Crippen LogP contribution < -0.4 is 10.6 Å². The van der Waals surface area contributed by atoms with E-state index in [0.29, 0.717) is 18.6 Å². The summed E-state index contributed by atoms with van der Waals surface area (Å²) in [6.07, 6.45) is 4.12. The summed E-state index contributed by atoms with van der Waals surface area (Å²) in [4.78, 5) is 17.0. The molecule has 0 spiro atoms. The third kappa shape index (κ3) is 3.11. The summed E-state index contributed by atoms with van der Waals surface area (Å²) in [5.41, 5.74) is 8.34. The zero-order valence-electron chi connectivity index (χ0n) is 12.8. The Morgan fingerprint density at radius 2 is 1.95 bits per heavy atom. The van der Waals surface area contributed by atoms with Crippen LogP contribution in [0.4, 0.5) is 5.69 Å². The van der Waals surface area contributed by atoms with Crippen molar-refractivity contribution in [3.05, 3.63) is 29.8 Å². The highest BCUT2D eigenvalue weighted by atomic mass is 16.2. The number of likely N-dealkylation sites (tertiary alicyclic amines) is 1. The fraction of sp³-hybridized carbons (Fsp3) is 0.588. The Balaban J connectivity index is 1.72. The molecule has 1 saturated heterocycles. The van der Waals surface area contributed by atoms with E-state index in [-0.39, 0.29) is 5.91 Å². The van der Waals surface area contributed by atoms with Crippen molar-refractivity contribution in [2.45, 2.75) is 44.7 Å². The highest BCUT2D eigenvalue weighted by Gasteiger charge is 2.29. The zero-order valence-corrected chi connectivity index (χ0v) is 12.8.